The van der Waals surface area contributed by atoms with Crippen LogP contribution in [0.25, 0.3) is 11.5 Å². The molecule has 122 valence electrons. The average Bonchev–Trinajstić information content (AvgIpc) is 3.09. The number of nitrogens with zero attached hydrogens (tertiary/aromatic N) is 3. The quantitative estimate of drug-likeness (QED) is 0.747. The molecule has 1 amide bonds. The van der Waals surface area contributed by atoms with Gasteiger partial charge in [-0.3, -0.25) is 9.78 Å². The molecule has 0 saturated carbocycles. The van der Waals surface area contributed by atoms with Crippen LogP contribution in [0.4, 0.5) is 0 Å². The Hall–Kier alpha value is -3.22. The van der Waals surface area contributed by atoms with Crippen LogP contribution in [-0.4, -0.2) is 27.7 Å². The topological polar surface area (TPSA) is 90.1 Å². The van der Waals surface area contributed by atoms with Crippen LogP contribution in [0.2, 0.25) is 0 Å². The van der Waals surface area contributed by atoms with E-state index in [0.29, 0.717) is 17.5 Å². The molecule has 0 radical (unpaired) electrons. The average molecular weight is 324 g/mol. The van der Waals surface area contributed by atoms with Crippen molar-refractivity contribution in [3.63, 3.8) is 0 Å². The van der Waals surface area contributed by atoms with Crippen molar-refractivity contribution in [1.29, 1.82) is 0 Å². The molecule has 7 heteroatoms. The van der Waals surface area contributed by atoms with Crippen LogP contribution < -0.4 is 10.1 Å². The Morgan fingerprint density at radius 3 is 2.79 bits per heavy atom. The normalized spacial score (nSPS) is 10.4. The van der Waals surface area contributed by atoms with Gasteiger partial charge in [-0.2, -0.15) is 0 Å². The maximum Gasteiger partial charge on any atom is 0.258 e. The number of pyridine rings is 1. The van der Waals surface area contributed by atoms with Crippen LogP contribution in [0.5, 0.6) is 5.75 Å². The van der Waals surface area contributed by atoms with Crippen molar-refractivity contribution >= 4 is 5.91 Å². The van der Waals surface area contributed by atoms with Gasteiger partial charge >= 0.3 is 0 Å². The first kappa shape index (κ1) is 15.7. The molecule has 0 saturated heterocycles. The van der Waals surface area contributed by atoms with Crippen molar-refractivity contribution in [2.24, 2.45) is 0 Å². The number of amides is 1. The zero-order valence-corrected chi connectivity index (χ0v) is 13.1. The number of carbonyl (C=O) groups is 1. The summed E-state index contributed by atoms with van der Waals surface area (Å²) in [5.74, 6) is 1.06. The highest BCUT2D eigenvalue weighted by Gasteiger charge is 2.10. The van der Waals surface area contributed by atoms with E-state index in [-0.39, 0.29) is 19.1 Å². The summed E-state index contributed by atoms with van der Waals surface area (Å²) in [6.07, 6.45) is 3.29. The van der Waals surface area contributed by atoms with E-state index < -0.39 is 0 Å². The van der Waals surface area contributed by atoms with Crippen molar-refractivity contribution in [2.75, 3.05) is 6.61 Å². The van der Waals surface area contributed by atoms with Crippen molar-refractivity contribution in [3.8, 4) is 17.2 Å². The fourth-order valence-corrected chi connectivity index (χ4v) is 1.94. The Labute approximate surface area is 138 Å². The fraction of sp³-hybridized carbons (Fsp3) is 0.176. The zero-order chi connectivity index (χ0) is 16.8. The second-order valence-corrected chi connectivity index (χ2v) is 5.12. The molecule has 2 heterocycles. The Morgan fingerprint density at radius 1 is 1.21 bits per heavy atom. The molecule has 24 heavy (non-hydrogen) atoms. The molecule has 3 rings (SSSR count). The first-order chi connectivity index (χ1) is 11.7. The van der Waals surface area contributed by atoms with E-state index in [2.05, 4.69) is 20.5 Å². The minimum absolute atomic E-state index is 0.0767. The lowest BCUT2D eigenvalue weighted by atomic mass is 10.2. The van der Waals surface area contributed by atoms with E-state index >= 15 is 0 Å². The molecule has 7 nitrogen and oxygen atoms in total. The molecule has 0 atom stereocenters. The highest BCUT2D eigenvalue weighted by molar-refractivity contribution is 5.77. The third-order valence-corrected chi connectivity index (χ3v) is 3.20. The molecule has 0 aliphatic heterocycles. The summed E-state index contributed by atoms with van der Waals surface area (Å²) in [7, 11) is 0. The Morgan fingerprint density at radius 2 is 2.04 bits per heavy atom. The summed E-state index contributed by atoms with van der Waals surface area (Å²) in [4.78, 5) is 15.8. The van der Waals surface area contributed by atoms with Crippen LogP contribution in [0.3, 0.4) is 0 Å². The number of nitrogens with one attached hydrogen (secondary N) is 1. The number of carbonyl (C=O) groups excluding carboxylic acids is 1. The number of rotatable bonds is 6. The van der Waals surface area contributed by atoms with E-state index in [1.807, 2.05) is 37.3 Å². The summed E-state index contributed by atoms with van der Waals surface area (Å²) in [6.45, 7) is 2.05. The number of hydrogen-bond acceptors (Lipinski definition) is 6. The lowest BCUT2D eigenvalue weighted by Crippen LogP contribution is -2.28. The van der Waals surface area contributed by atoms with Gasteiger partial charge in [0.25, 0.3) is 5.91 Å². The molecule has 0 spiro atoms. The van der Waals surface area contributed by atoms with Crippen molar-refractivity contribution in [1.82, 2.24) is 20.5 Å². The number of aryl methyl sites for hydroxylation is 1. The molecule has 2 aromatic heterocycles. The fourth-order valence-electron chi connectivity index (χ4n) is 1.94. The second-order valence-electron chi connectivity index (χ2n) is 5.12. The molecular weight excluding hydrogens is 308 g/mol. The summed E-state index contributed by atoms with van der Waals surface area (Å²) in [5.41, 5.74) is 1.86. The molecular formula is C17H16N4O3. The van der Waals surface area contributed by atoms with Gasteiger partial charge in [0.05, 0.1) is 12.1 Å². The minimum atomic E-state index is -0.267. The second kappa shape index (κ2) is 7.36. The highest BCUT2D eigenvalue weighted by Crippen LogP contribution is 2.15. The van der Waals surface area contributed by atoms with Gasteiger partial charge in [0.15, 0.2) is 6.61 Å². The SMILES string of the molecule is Cc1ccc(OCC(=O)NCc2nnc(-c3cccnc3)o2)cc1. The third kappa shape index (κ3) is 4.16. The maximum absolute atomic E-state index is 11.8. The van der Waals surface area contributed by atoms with Crippen LogP contribution in [-0.2, 0) is 11.3 Å². The largest absolute Gasteiger partial charge is 0.484 e. The smallest absolute Gasteiger partial charge is 0.258 e. The van der Waals surface area contributed by atoms with Gasteiger partial charge in [-0.25, -0.2) is 0 Å². The monoisotopic (exact) mass is 324 g/mol. The Bertz CT molecular complexity index is 800. The van der Waals surface area contributed by atoms with E-state index in [1.54, 1.807) is 18.5 Å². The number of aromatic nitrogens is 3. The zero-order valence-electron chi connectivity index (χ0n) is 13.1. The lowest BCUT2D eigenvalue weighted by molar-refractivity contribution is -0.123. The van der Waals surface area contributed by atoms with Crippen molar-refractivity contribution in [2.45, 2.75) is 13.5 Å². The molecule has 3 aromatic rings. The van der Waals surface area contributed by atoms with Crippen LogP contribution in [0.1, 0.15) is 11.5 Å². The third-order valence-electron chi connectivity index (χ3n) is 3.20. The lowest BCUT2D eigenvalue weighted by Gasteiger charge is -2.06. The molecule has 1 aromatic carbocycles. The van der Waals surface area contributed by atoms with E-state index in [1.165, 1.54) is 0 Å². The standard InChI is InChI=1S/C17H16N4O3/c1-12-4-6-14(7-5-12)23-11-15(22)19-10-16-20-21-17(24-16)13-3-2-8-18-9-13/h2-9H,10-11H2,1H3,(H,19,22). The predicted octanol–water partition coefficient (Wildman–Crippen LogP) is 2.14. The number of benzene rings is 1. The van der Waals surface area contributed by atoms with Crippen molar-refractivity contribution < 1.29 is 13.9 Å². The van der Waals surface area contributed by atoms with Gasteiger partial charge in [-0.05, 0) is 31.2 Å². The predicted molar refractivity (Wildman–Crippen MR) is 86.0 cm³/mol. The van der Waals surface area contributed by atoms with Crippen LogP contribution in [0, 0.1) is 6.92 Å². The molecule has 0 unspecified atom stereocenters. The van der Waals surface area contributed by atoms with E-state index in [4.69, 9.17) is 9.15 Å². The highest BCUT2D eigenvalue weighted by atomic mass is 16.5. The molecule has 0 bridgehead atoms. The van der Waals surface area contributed by atoms with Crippen LogP contribution in [0.15, 0.2) is 53.2 Å². The van der Waals surface area contributed by atoms with Gasteiger partial charge in [0, 0.05) is 12.4 Å². The number of hydrogen-bond donors (Lipinski definition) is 1. The molecule has 0 aliphatic rings. The first-order valence-corrected chi connectivity index (χ1v) is 7.39. The van der Waals surface area contributed by atoms with Gasteiger partial charge in [0.1, 0.15) is 5.75 Å². The Kier molecular flexibility index (Phi) is 4.81. The van der Waals surface area contributed by atoms with Gasteiger partial charge in [0.2, 0.25) is 11.8 Å². The van der Waals surface area contributed by atoms with Crippen LogP contribution >= 0.6 is 0 Å². The first-order valence-electron chi connectivity index (χ1n) is 7.39. The summed E-state index contributed by atoms with van der Waals surface area (Å²) >= 11 is 0. The van der Waals surface area contributed by atoms with Gasteiger partial charge < -0.3 is 14.5 Å². The van der Waals surface area contributed by atoms with Crippen molar-refractivity contribution in [3.05, 3.63) is 60.2 Å². The van der Waals surface area contributed by atoms with Gasteiger partial charge in [-0.1, -0.05) is 17.7 Å². The van der Waals surface area contributed by atoms with Gasteiger partial charge in [-0.15, -0.1) is 10.2 Å². The van der Waals surface area contributed by atoms with E-state index in [9.17, 15) is 4.79 Å². The number of ether oxygens (including phenoxy) is 1. The van der Waals surface area contributed by atoms with E-state index in [0.717, 1.165) is 11.1 Å². The molecule has 1 N–H and O–H groups in total. The summed E-state index contributed by atoms with van der Waals surface area (Å²) in [6, 6.07) is 11.1. The molecule has 0 aliphatic carbocycles. The molecule has 0 fully saturated rings. The maximum atomic E-state index is 11.8. The summed E-state index contributed by atoms with van der Waals surface area (Å²) in [5, 5.41) is 10.5. The Balaban J connectivity index is 1.48. The summed E-state index contributed by atoms with van der Waals surface area (Å²) < 4.78 is 10.9. The minimum Gasteiger partial charge on any atom is -0.484 e.